The Morgan fingerprint density at radius 1 is 1.39 bits per heavy atom. The van der Waals surface area contributed by atoms with Crippen LogP contribution in [0.1, 0.15) is 25.7 Å². The summed E-state index contributed by atoms with van der Waals surface area (Å²) < 4.78 is 5.62. The zero-order chi connectivity index (χ0) is 12.8. The van der Waals surface area contributed by atoms with Gasteiger partial charge in [0, 0.05) is 38.3 Å². The van der Waals surface area contributed by atoms with Crippen LogP contribution in [0.25, 0.3) is 0 Å². The Labute approximate surface area is 111 Å². The minimum Gasteiger partial charge on any atom is -0.396 e. The quantitative estimate of drug-likeness (QED) is 0.760. The van der Waals surface area contributed by atoms with Gasteiger partial charge < -0.3 is 20.1 Å². The smallest absolute Gasteiger partial charge is 0.0521 e. The Kier molecular flexibility index (Phi) is 5.89. The molecule has 0 radical (unpaired) electrons. The van der Waals surface area contributed by atoms with Crippen molar-refractivity contribution in [2.75, 3.05) is 46.5 Å². The number of ether oxygens (including phenoxy) is 1. The van der Waals surface area contributed by atoms with Crippen molar-refractivity contribution >= 4 is 0 Å². The van der Waals surface area contributed by atoms with E-state index < -0.39 is 0 Å². The summed E-state index contributed by atoms with van der Waals surface area (Å²) in [5, 5.41) is 12.5. The Morgan fingerprint density at radius 2 is 2.28 bits per heavy atom. The van der Waals surface area contributed by atoms with Crippen LogP contribution >= 0.6 is 0 Å². The fourth-order valence-electron chi connectivity index (χ4n) is 3.42. The number of hydrogen-bond donors (Lipinski definition) is 2. The lowest BCUT2D eigenvalue weighted by molar-refractivity contribution is 0.0111. The number of aliphatic hydroxyl groups is 1. The molecule has 2 heterocycles. The van der Waals surface area contributed by atoms with Crippen LogP contribution in [0, 0.1) is 11.8 Å². The van der Waals surface area contributed by atoms with E-state index >= 15 is 0 Å². The van der Waals surface area contributed by atoms with Gasteiger partial charge in [-0.1, -0.05) is 0 Å². The minimum atomic E-state index is 0.337. The second-order valence-corrected chi connectivity index (χ2v) is 5.80. The number of likely N-dealkylation sites (tertiary alicyclic amines) is 1. The molecule has 18 heavy (non-hydrogen) atoms. The molecule has 2 rings (SSSR count). The minimum absolute atomic E-state index is 0.337. The maximum absolute atomic E-state index is 9.06. The molecule has 0 aliphatic carbocycles. The van der Waals surface area contributed by atoms with Crippen LogP contribution < -0.4 is 5.32 Å². The van der Waals surface area contributed by atoms with Gasteiger partial charge in [-0.25, -0.2) is 0 Å². The first-order chi connectivity index (χ1) is 8.83. The van der Waals surface area contributed by atoms with Gasteiger partial charge in [-0.15, -0.1) is 0 Å². The average molecular weight is 256 g/mol. The summed E-state index contributed by atoms with van der Waals surface area (Å²) in [4.78, 5) is 2.58. The molecule has 0 aromatic carbocycles. The molecule has 2 N–H and O–H groups in total. The van der Waals surface area contributed by atoms with E-state index in [2.05, 4.69) is 17.3 Å². The van der Waals surface area contributed by atoms with E-state index in [1.54, 1.807) is 0 Å². The highest BCUT2D eigenvalue weighted by Crippen LogP contribution is 2.22. The Morgan fingerprint density at radius 3 is 3.06 bits per heavy atom. The van der Waals surface area contributed by atoms with Gasteiger partial charge in [0.1, 0.15) is 0 Å². The van der Waals surface area contributed by atoms with Gasteiger partial charge >= 0.3 is 0 Å². The molecule has 2 aliphatic heterocycles. The fourth-order valence-corrected chi connectivity index (χ4v) is 3.42. The van der Waals surface area contributed by atoms with Crippen molar-refractivity contribution < 1.29 is 9.84 Å². The summed E-state index contributed by atoms with van der Waals surface area (Å²) in [6.45, 7) is 5.65. The summed E-state index contributed by atoms with van der Waals surface area (Å²) in [7, 11) is 2.06. The van der Waals surface area contributed by atoms with Gasteiger partial charge in [-0.3, -0.25) is 0 Å². The number of rotatable bonds is 5. The molecule has 4 nitrogen and oxygen atoms in total. The number of nitrogens with one attached hydrogen (secondary N) is 1. The van der Waals surface area contributed by atoms with Gasteiger partial charge in [0.05, 0.1) is 6.61 Å². The lowest BCUT2D eigenvalue weighted by Crippen LogP contribution is -2.48. The van der Waals surface area contributed by atoms with Crippen molar-refractivity contribution in [2.24, 2.45) is 11.8 Å². The summed E-state index contributed by atoms with van der Waals surface area (Å²) >= 11 is 0. The van der Waals surface area contributed by atoms with E-state index in [0.29, 0.717) is 24.5 Å². The highest BCUT2D eigenvalue weighted by molar-refractivity contribution is 4.83. The van der Waals surface area contributed by atoms with Crippen LogP contribution in [0.3, 0.4) is 0 Å². The van der Waals surface area contributed by atoms with Crippen LogP contribution in [0.2, 0.25) is 0 Å². The molecule has 4 heteroatoms. The third-order valence-electron chi connectivity index (χ3n) is 4.48. The number of hydrogen-bond acceptors (Lipinski definition) is 4. The molecule has 0 spiro atoms. The normalized spacial score (nSPS) is 34.7. The highest BCUT2D eigenvalue weighted by Gasteiger charge is 2.28. The second kappa shape index (κ2) is 7.43. The lowest BCUT2D eigenvalue weighted by Gasteiger charge is -2.38. The molecule has 2 saturated heterocycles. The van der Waals surface area contributed by atoms with Crippen LogP contribution in [0.5, 0.6) is 0 Å². The Bertz CT molecular complexity index is 236. The van der Waals surface area contributed by atoms with Crippen molar-refractivity contribution in [3.05, 3.63) is 0 Å². The number of nitrogens with zero attached hydrogens (tertiary/aromatic N) is 1. The van der Waals surface area contributed by atoms with Crippen molar-refractivity contribution in [1.82, 2.24) is 10.2 Å². The molecular formula is C14H28N2O2. The maximum atomic E-state index is 9.06. The standard InChI is InChI=1S/C14H28N2O2/c1-15-14-5-8-18-11-13(14)10-16-6-2-3-12(9-16)4-7-17/h12-15,17H,2-11H2,1H3. The lowest BCUT2D eigenvalue weighted by atomic mass is 9.91. The van der Waals surface area contributed by atoms with E-state index in [0.717, 1.165) is 39.1 Å². The van der Waals surface area contributed by atoms with Crippen LogP contribution in [0.4, 0.5) is 0 Å². The Balaban J connectivity index is 1.80. The molecule has 3 unspecified atom stereocenters. The van der Waals surface area contributed by atoms with Gasteiger partial charge in [0.2, 0.25) is 0 Å². The summed E-state index contributed by atoms with van der Waals surface area (Å²) in [6, 6.07) is 0.608. The van der Waals surface area contributed by atoms with Gasteiger partial charge in [-0.05, 0) is 45.2 Å². The first-order valence-electron chi connectivity index (χ1n) is 7.41. The van der Waals surface area contributed by atoms with Gasteiger partial charge in [-0.2, -0.15) is 0 Å². The fraction of sp³-hybridized carbons (Fsp3) is 1.00. The molecule has 2 fully saturated rings. The maximum Gasteiger partial charge on any atom is 0.0521 e. The molecule has 106 valence electrons. The van der Waals surface area contributed by atoms with E-state index in [4.69, 9.17) is 9.84 Å². The van der Waals surface area contributed by atoms with Crippen molar-refractivity contribution in [2.45, 2.75) is 31.7 Å². The molecule has 0 bridgehead atoms. The van der Waals surface area contributed by atoms with E-state index in [-0.39, 0.29) is 0 Å². The zero-order valence-corrected chi connectivity index (χ0v) is 11.6. The average Bonchev–Trinajstić information content (AvgIpc) is 2.40. The number of piperidine rings is 1. The van der Waals surface area contributed by atoms with E-state index in [1.807, 2.05) is 0 Å². The molecule has 0 amide bonds. The van der Waals surface area contributed by atoms with Crippen molar-refractivity contribution in [1.29, 1.82) is 0 Å². The van der Waals surface area contributed by atoms with Crippen LogP contribution in [-0.4, -0.2) is 62.6 Å². The molecule has 2 aliphatic rings. The number of aliphatic hydroxyl groups excluding tert-OH is 1. The molecular weight excluding hydrogens is 228 g/mol. The van der Waals surface area contributed by atoms with Crippen molar-refractivity contribution in [3.63, 3.8) is 0 Å². The van der Waals surface area contributed by atoms with Gasteiger partial charge in [0.15, 0.2) is 0 Å². The topological polar surface area (TPSA) is 44.7 Å². The van der Waals surface area contributed by atoms with Crippen molar-refractivity contribution in [3.8, 4) is 0 Å². The molecule has 0 saturated carbocycles. The first-order valence-corrected chi connectivity index (χ1v) is 7.41. The summed E-state index contributed by atoms with van der Waals surface area (Å²) in [5.41, 5.74) is 0. The monoisotopic (exact) mass is 256 g/mol. The van der Waals surface area contributed by atoms with Gasteiger partial charge in [0.25, 0.3) is 0 Å². The SMILES string of the molecule is CNC1CCOCC1CN1CCCC(CCO)C1. The van der Waals surface area contributed by atoms with Crippen LogP contribution in [-0.2, 0) is 4.74 Å². The van der Waals surface area contributed by atoms with E-state index in [1.165, 1.54) is 19.4 Å². The van der Waals surface area contributed by atoms with E-state index in [9.17, 15) is 0 Å². The highest BCUT2D eigenvalue weighted by atomic mass is 16.5. The summed E-state index contributed by atoms with van der Waals surface area (Å²) in [6.07, 6.45) is 4.67. The largest absolute Gasteiger partial charge is 0.396 e. The first kappa shape index (κ1) is 14.3. The summed E-state index contributed by atoms with van der Waals surface area (Å²) in [5.74, 6) is 1.32. The third kappa shape index (κ3) is 3.92. The third-order valence-corrected chi connectivity index (χ3v) is 4.48. The molecule has 0 aromatic rings. The predicted octanol–water partition coefficient (Wildman–Crippen LogP) is 0.705. The molecule has 0 aromatic heterocycles. The second-order valence-electron chi connectivity index (χ2n) is 5.80. The van der Waals surface area contributed by atoms with Crippen LogP contribution in [0.15, 0.2) is 0 Å². The Hall–Kier alpha value is -0.160. The zero-order valence-electron chi connectivity index (χ0n) is 11.6. The molecule has 3 atom stereocenters. The predicted molar refractivity (Wildman–Crippen MR) is 72.6 cm³/mol.